The molecule has 4 rings (SSSR count). The lowest BCUT2D eigenvalue weighted by Gasteiger charge is -2.35. The Morgan fingerprint density at radius 2 is 2.14 bits per heavy atom. The third kappa shape index (κ3) is 3.77. The van der Waals surface area contributed by atoms with Crippen molar-refractivity contribution < 1.29 is 31.8 Å². The molecule has 0 aliphatic carbocycles. The number of hydrazone groups is 1. The van der Waals surface area contributed by atoms with Crippen LogP contribution in [0.25, 0.3) is 0 Å². The molecule has 0 radical (unpaired) electrons. The first-order valence-corrected chi connectivity index (χ1v) is 8.65. The van der Waals surface area contributed by atoms with E-state index in [0.717, 1.165) is 31.7 Å². The summed E-state index contributed by atoms with van der Waals surface area (Å²) < 4.78 is 59.9. The summed E-state index contributed by atoms with van der Waals surface area (Å²) in [4.78, 5) is 14.3. The minimum absolute atomic E-state index is 0.0357. The van der Waals surface area contributed by atoms with Crippen LogP contribution in [0.2, 0.25) is 0 Å². The molecule has 1 aromatic rings. The van der Waals surface area contributed by atoms with Crippen LogP contribution in [0.15, 0.2) is 17.2 Å². The molecule has 1 aromatic carbocycles. The van der Waals surface area contributed by atoms with Crippen molar-refractivity contribution in [3.05, 3.63) is 23.5 Å². The smallest absolute Gasteiger partial charge is 0.436 e. The Balaban J connectivity index is 1.48. The standard InChI is InChI=1S/C16H17F4N5O3/c17-9-6-11-8(5-12(9)28-16(18,19)20)15(26)27-14(22-11)10-1-2-13(24-23-10)25-4-3-21-7-25/h5-6,10,14,21-23H,1-4,7H2. The second-order valence-corrected chi connectivity index (χ2v) is 6.57. The van der Waals surface area contributed by atoms with Crippen molar-refractivity contribution in [1.82, 2.24) is 15.6 Å². The van der Waals surface area contributed by atoms with Gasteiger partial charge in [-0.05, 0) is 6.42 Å². The van der Waals surface area contributed by atoms with Crippen molar-refractivity contribution in [2.75, 3.05) is 25.1 Å². The van der Waals surface area contributed by atoms with Gasteiger partial charge in [0.15, 0.2) is 17.8 Å². The van der Waals surface area contributed by atoms with E-state index in [2.05, 4.69) is 30.8 Å². The largest absolute Gasteiger partial charge is 0.573 e. The Morgan fingerprint density at radius 3 is 2.79 bits per heavy atom. The summed E-state index contributed by atoms with van der Waals surface area (Å²) in [6, 6.07) is 1.09. The van der Waals surface area contributed by atoms with E-state index in [4.69, 9.17) is 4.74 Å². The van der Waals surface area contributed by atoms with Crippen molar-refractivity contribution in [3.8, 4) is 5.75 Å². The number of carbonyl (C=O) groups excluding carboxylic acids is 1. The molecule has 0 saturated carbocycles. The molecule has 0 amide bonds. The molecular weight excluding hydrogens is 386 g/mol. The molecule has 0 bridgehead atoms. The molecular formula is C16H17F4N5O3. The highest BCUT2D eigenvalue weighted by Crippen LogP contribution is 2.34. The summed E-state index contributed by atoms with van der Waals surface area (Å²) in [5.41, 5.74) is 2.74. The number of hydrogen-bond donors (Lipinski definition) is 3. The minimum Gasteiger partial charge on any atom is -0.436 e. The molecule has 28 heavy (non-hydrogen) atoms. The molecule has 3 aliphatic heterocycles. The summed E-state index contributed by atoms with van der Waals surface area (Å²) in [5.74, 6) is -2.31. The minimum atomic E-state index is -5.07. The Kier molecular flexibility index (Phi) is 4.65. The number of rotatable bonds is 2. The van der Waals surface area contributed by atoms with E-state index in [1.165, 1.54) is 0 Å². The molecule has 3 aliphatic rings. The fourth-order valence-corrected chi connectivity index (χ4v) is 3.33. The van der Waals surface area contributed by atoms with Crippen LogP contribution in [-0.2, 0) is 4.74 Å². The third-order valence-electron chi connectivity index (χ3n) is 4.68. The van der Waals surface area contributed by atoms with Gasteiger partial charge in [0, 0.05) is 31.6 Å². The lowest BCUT2D eigenvalue weighted by atomic mass is 10.0. The number of cyclic esters (lactones) is 1. The van der Waals surface area contributed by atoms with Crippen molar-refractivity contribution in [2.45, 2.75) is 31.5 Å². The number of carbonyl (C=O) groups is 1. The average Bonchev–Trinajstić information content (AvgIpc) is 3.16. The molecule has 8 nitrogen and oxygen atoms in total. The monoisotopic (exact) mass is 403 g/mol. The summed E-state index contributed by atoms with van der Waals surface area (Å²) in [6.07, 6.45) is -4.64. The number of amidine groups is 1. The van der Waals surface area contributed by atoms with E-state index in [1.54, 1.807) is 0 Å². The maximum atomic E-state index is 14.0. The Hall–Kier alpha value is -2.76. The maximum Gasteiger partial charge on any atom is 0.573 e. The van der Waals surface area contributed by atoms with Crippen LogP contribution in [0.4, 0.5) is 23.2 Å². The number of fused-ring (bicyclic) bond motifs is 1. The van der Waals surface area contributed by atoms with Gasteiger partial charge in [0.25, 0.3) is 0 Å². The number of ether oxygens (including phenoxy) is 2. The van der Waals surface area contributed by atoms with Crippen LogP contribution in [0.3, 0.4) is 0 Å². The molecule has 3 heterocycles. The average molecular weight is 403 g/mol. The fraction of sp³-hybridized carbons (Fsp3) is 0.500. The molecule has 152 valence electrons. The number of hydrogen-bond acceptors (Lipinski definition) is 8. The highest BCUT2D eigenvalue weighted by molar-refractivity contribution is 5.98. The predicted octanol–water partition coefficient (Wildman–Crippen LogP) is 1.56. The van der Waals surface area contributed by atoms with Gasteiger partial charge in [0.05, 0.1) is 17.9 Å². The van der Waals surface area contributed by atoms with E-state index in [0.29, 0.717) is 18.9 Å². The SMILES string of the molecule is O=C1OC(C2CCC(N3CCNC3)=NN2)Nc2cc(F)c(OC(F)(F)F)cc21. The topological polar surface area (TPSA) is 87.2 Å². The number of alkyl halides is 3. The number of nitrogens with one attached hydrogen (secondary N) is 3. The fourth-order valence-electron chi connectivity index (χ4n) is 3.33. The maximum absolute atomic E-state index is 14.0. The predicted molar refractivity (Wildman–Crippen MR) is 89.1 cm³/mol. The normalized spacial score (nSPS) is 24.6. The van der Waals surface area contributed by atoms with Gasteiger partial charge < -0.3 is 19.7 Å². The zero-order valence-electron chi connectivity index (χ0n) is 14.5. The van der Waals surface area contributed by atoms with E-state index in [1.807, 2.05) is 0 Å². The van der Waals surface area contributed by atoms with Crippen molar-refractivity contribution >= 4 is 17.5 Å². The summed E-state index contributed by atoms with van der Waals surface area (Å²) >= 11 is 0. The molecule has 1 saturated heterocycles. The highest BCUT2D eigenvalue weighted by atomic mass is 19.4. The van der Waals surface area contributed by atoms with Crippen molar-refractivity contribution in [1.29, 1.82) is 0 Å². The van der Waals surface area contributed by atoms with Crippen LogP contribution in [0.5, 0.6) is 5.75 Å². The number of benzene rings is 1. The number of esters is 1. The molecule has 0 aromatic heterocycles. The van der Waals surface area contributed by atoms with Gasteiger partial charge in [-0.25, -0.2) is 9.18 Å². The molecule has 12 heteroatoms. The first-order chi connectivity index (χ1) is 13.3. The second-order valence-electron chi connectivity index (χ2n) is 6.57. The Morgan fingerprint density at radius 1 is 1.32 bits per heavy atom. The van der Waals surface area contributed by atoms with Gasteiger partial charge in [-0.1, -0.05) is 0 Å². The van der Waals surface area contributed by atoms with Crippen LogP contribution in [-0.4, -0.2) is 55.1 Å². The molecule has 3 N–H and O–H groups in total. The zero-order valence-corrected chi connectivity index (χ0v) is 14.5. The lowest BCUT2D eigenvalue weighted by Crippen LogP contribution is -2.50. The van der Waals surface area contributed by atoms with Crippen LogP contribution in [0, 0.1) is 5.82 Å². The van der Waals surface area contributed by atoms with Gasteiger partial charge in [-0.3, -0.25) is 10.7 Å². The number of halogens is 4. The Bertz CT molecular complexity index is 810. The van der Waals surface area contributed by atoms with Gasteiger partial charge in [-0.15, -0.1) is 13.2 Å². The van der Waals surface area contributed by atoms with Crippen LogP contribution < -0.4 is 20.8 Å². The van der Waals surface area contributed by atoms with Gasteiger partial charge >= 0.3 is 12.3 Å². The molecule has 1 fully saturated rings. The first-order valence-electron chi connectivity index (χ1n) is 8.65. The molecule has 2 unspecified atom stereocenters. The van der Waals surface area contributed by atoms with E-state index in [9.17, 15) is 22.4 Å². The Labute approximate surface area is 156 Å². The van der Waals surface area contributed by atoms with E-state index in [-0.39, 0.29) is 17.3 Å². The molecule has 0 spiro atoms. The lowest BCUT2D eigenvalue weighted by molar-refractivity contribution is -0.275. The van der Waals surface area contributed by atoms with Crippen LogP contribution >= 0.6 is 0 Å². The highest BCUT2D eigenvalue weighted by Gasteiger charge is 2.37. The van der Waals surface area contributed by atoms with Gasteiger partial charge in [0.1, 0.15) is 11.9 Å². The molecule has 2 atom stereocenters. The van der Waals surface area contributed by atoms with Crippen LogP contribution in [0.1, 0.15) is 23.2 Å². The summed E-state index contributed by atoms with van der Waals surface area (Å²) in [7, 11) is 0. The van der Waals surface area contributed by atoms with Gasteiger partial charge in [0.2, 0.25) is 0 Å². The second kappa shape index (κ2) is 7.00. The third-order valence-corrected chi connectivity index (χ3v) is 4.68. The van der Waals surface area contributed by atoms with E-state index < -0.39 is 30.1 Å². The van der Waals surface area contributed by atoms with Gasteiger partial charge in [-0.2, -0.15) is 5.10 Å². The van der Waals surface area contributed by atoms with E-state index >= 15 is 0 Å². The van der Waals surface area contributed by atoms with Crippen molar-refractivity contribution in [2.24, 2.45) is 5.10 Å². The first kappa shape index (κ1) is 18.6. The zero-order chi connectivity index (χ0) is 19.9. The summed E-state index contributed by atoms with van der Waals surface area (Å²) in [5, 5.41) is 10.4. The number of nitrogens with zero attached hydrogens (tertiary/aromatic N) is 2. The summed E-state index contributed by atoms with van der Waals surface area (Å²) in [6.45, 7) is 2.46. The van der Waals surface area contributed by atoms with Crippen molar-refractivity contribution in [3.63, 3.8) is 0 Å². The quantitative estimate of drug-likeness (QED) is 0.510. The number of anilines is 1.